The average Bonchev–Trinajstić information content (AvgIpc) is 2.40. The van der Waals surface area contributed by atoms with Crippen LogP contribution in [-0.4, -0.2) is 4.98 Å². The fourth-order valence-corrected chi connectivity index (χ4v) is 1.28. The lowest BCUT2D eigenvalue weighted by molar-refractivity contribution is 1.25. The SMILES string of the molecule is CC(C)=c1cc2c([nH]1)=CC=C2. The van der Waals surface area contributed by atoms with Crippen LogP contribution in [0, 0.1) is 0 Å². The zero-order valence-corrected chi connectivity index (χ0v) is 6.81. The van der Waals surface area contributed by atoms with E-state index in [1.54, 1.807) is 0 Å². The van der Waals surface area contributed by atoms with Gasteiger partial charge in [0.1, 0.15) is 0 Å². The van der Waals surface area contributed by atoms with Crippen molar-refractivity contribution in [3.63, 3.8) is 0 Å². The first-order chi connectivity index (χ1) is 5.27. The Balaban J connectivity index is 2.80. The van der Waals surface area contributed by atoms with Gasteiger partial charge in [-0.15, -0.1) is 0 Å². The minimum Gasteiger partial charge on any atom is -0.355 e. The average molecular weight is 145 g/mol. The largest absolute Gasteiger partial charge is 0.355 e. The normalized spacial score (nSPS) is 12.9. The first-order valence-corrected chi connectivity index (χ1v) is 3.82. The minimum atomic E-state index is 1.24. The van der Waals surface area contributed by atoms with E-state index in [0.717, 1.165) is 0 Å². The van der Waals surface area contributed by atoms with Crippen molar-refractivity contribution in [1.82, 2.24) is 4.98 Å². The number of rotatable bonds is 0. The first-order valence-electron chi connectivity index (χ1n) is 3.82. The van der Waals surface area contributed by atoms with E-state index in [2.05, 4.69) is 43.1 Å². The molecular formula is C10H11N. The van der Waals surface area contributed by atoms with Crippen molar-refractivity contribution in [3.05, 3.63) is 28.4 Å². The monoisotopic (exact) mass is 145 g/mol. The molecule has 1 aliphatic carbocycles. The molecule has 1 N–H and O–H groups in total. The van der Waals surface area contributed by atoms with Crippen LogP contribution in [0.1, 0.15) is 19.4 Å². The molecule has 1 nitrogen and oxygen atoms in total. The van der Waals surface area contributed by atoms with E-state index in [1.807, 2.05) is 0 Å². The van der Waals surface area contributed by atoms with Crippen LogP contribution in [0.3, 0.4) is 0 Å². The lowest BCUT2D eigenvalue weighted by Gasteiger charge is -1.81. The van der Waals surface area contributed by atoms with E-state index in [0.29, 0.717) is 0 Å². The summed E-state index contributed by atoms with van der Waals surface area (Å²) in [5.41, 5.74) is 2.64. The zero-order chi connectivity index (χ0) is 7.84. The number of hydrogen-bond acceptors (Lipinski definition) is 0. The van der Waals surface area contributed by atoms with Gasteiger partial charge in [-0.1, -0.05) is 17.7 Å². The molecule has 11 heavy (non-hydrogen) atoms. The molecule has 0 radical (unpaired) electrons. The highest BCUT2D eigenvalue weighted by atomic mass is 14.7. The van der Waals surface area contributed by atoms with Crippen molar-refractivity contribution in [2.45, 2.75) is 13.8 Å². The number of fused-ring (bicyclic) bond motifs is 1. The third kappa shape index (κ3) is 0.929. The summed E-state index contributed by atoms with van der Waals surface area (Å²) in [5, 5.41) is 2.48. The number of allylic oxidation sites excluding steroid dienone is 1. The number of H-pyrrole nitrogens is 1. The quantitative estimate of drug-likeness (QED) is 0.561. The molecule has 0 bridgehead atoms. The van der Waals surface area contributed by atoms with Crippen molar-refractivity contribution in [1.29, 1.82) is 0 Å². The molecule has 0 fully saturated rings. The molecule has 1 aromatic rings. The smallest absolute Gasteiger partial charge is 0.0458 e. The highest BCUT2D eigenvalue weighted by Gasteiger charge is 1.97. The van der Waals surface area contributed by atoms with Gasteiger partial charge in [0.2, 0.25) is 0 Å². The Morgan fingerprint density at radius 2 is 2.18 bits per heavy atom. The van der Waals surface area contributed by atoms with Crippen LogP contribution in [0.2, 0.25) is 0 Å². The van der Waals surface area contributed by atoms with Crippen molar-refractivity contribution in [2.75, 3.05) is 0 Å². The van der Waals surface area contributed by atoms with Gasteiger partial charge in [0, 0.05) is 10.7 Å². The van der Waals surface area contributed by atoms with Crippen LogP contribution >= 0.6 is 0 Å². The predicted molar refractivity (Wildman–Crippen MR) is 48.3 cm³/mol. The van der Waals surface area contributed by atoms with E-state index in [1.165, 1.54) is 21.8 Å². The molecule has 56 valence electrons. The van der Waals surface area contributed by atoms with E-state index in [4.69, 9.17) is 0 Å². The standard InChI is InChI=1S/C10H11N/c1-7(2)10-6-8-4-3-5-9(8)11-10/h3-6,11H,1-2H3. The van der Waals surface area contributed by atoms with Gasteiger partial charge in [0.05, 0.1) is 0 Å². The summed E-state index contributed by atoms with van der Waals surface area (Å²) >= 11 is 0. The molecule has 0 saturated carbocycles. The molecule has 0 aliphatic heterocycles. The van der Waals surface area contributed by atoms with E-state index in [-0.39, 0.29) is 0 Å². The van der Waals surface area contributed by atoms with Crippen LogP contribution in [0.4, 0.5) is 0 Å². The highest BCUT2D eigenvalue weighted by Crippen LogP contribution is 1.98. The molecular weight excluding hydrogens is 134 g/mol. The Kier molecular flexibility index (Phi) is 1.25. The van der Waals surface area contributed by atoms with Gasteiger partial charge in [-0.3, -0.25) is 0 Å². The third-order valence-corrected chi connectivity index (χ3v) is 1.96. The van der Waals surface area contributed by atoms with E-state index < -0.39 is 0 Å². The summed E-state index contributed by atoms with van der Waals surface area (Å²) in [6.07, 6.45) is 6.29. The number of hydrogen-bond donors (Lipinski definition) is 1. The first kappa shape index (κ1) is 6.47. The van der Waals surface area contributed by atoms with E-state index in [9.17, 15) is 0 Å². The van der Waals surface area contributed by atoms with Crippen LogP contribution < -0.4 is 10.7 Å². The van der Waals surface area contributed by atoms with Crippen molar-refractivity contribution in [2.24, 2.45) is 0 Å². The molecule has 0 aromatic carbocycles. The van der Waals surface area contributed by atoms with Gasteiger partial charge >= 0.3 is 0 Å². The van der Waals surface area contributed by atoms with Crippen LogP contribution in [0.15, 0.2) is 12.1 Å². The molecule has 1 aliphatic rings. The highest BCUT2D eigenvalue weighted by molar-refractivity contribution is 5.65. The Hall–Kier alpha value is -1.24. The maximum atomic E-state index is 3.34. The zero-order valence-electron chi connectivity index (χ0n) is 6.81. The molecule has 1 aromatic heterocycles. The second kappa shape index (κ2) is 2.12. The molecule has 0 unspecified atom stereocenters. The number of nitrogens with one attached hydrogen (secondary N) is 1. The molecule has 0 spiro atoms. The van der Waals surface area contributed by atoms with Gasteiger partial charge in [-0.05, 0) is 31.6 Å². The Morgan fingerprint density at radius 1 is 1.36 bits per heavy atom. The second-order valence-corrected chi connectivity index (χ2v) is 3.08. The van der Waals surface area contributed by atoms with Gasteiger partial charge in [0.25, 0.3) is 0 Å². The Morgan fingerprint density at radius 3 is 2.82 bits per heavy atom. The maximum Gasteiger partial charge on any atom is 0.0458 e. The summed E-state index contributed by atoms with van der Waals surface area (Å²) in [6, 6.07) is 2.19. The number of aromatic nitrogens is 1. The van der Waals surface area contributed by atoms with Crippen molar-refractivity contribution in [3.8, 4) is 0 Å². The lowest BCUT2D eigenvalue weighted by atomic mass is 10.3. The molecule has 1 heterocycles. The van der Waals surface area contributed by atoms with Gasteiger partial charge < -0.3 is 4.98 Å². The maximum absolute atomic E-state index is 3.34. The summed E-state index contributed by atoms with van der Waals surface area (Å²) in [5.74, 6) is 0. The Labute approximate surface area is 65.8 Å². The predicted octanol–water partition coefficient (Wildman–Crippen LogP) is 1.01. The van der Waals surface area contributed by atoms with Crippen molar-refractivity contribution >= 4 is 17.7 Å². The topological polar surface area (TPSA) is 15.8 Å². The molecule has 0 atom stereocenters. The van der Waals surface area contributed by atoms with Gasteiger partial charge in [-0.25, -0.2) is 0 Å². The molecule has 0 amide bonds. The van der Waals surface area contributed by atoms with Gasteiger partial charge in [0.15, 0.2) is 0 Å². The van der Waals surface area contributed by atoms with E-state index >= 15 is 0 Å². The van der Waals surface area contributed by atoms with Crippen LogP contribution in [0.5, 0.6) is 0 Å². The minimum absolute atomic E-state index is 1.24. The molecule has 0 saturated heterocycles. The van der Waals surface area contributed by atoms with Crippen LogP contribution in [-0.2, 0) is 0 Å². The third-order valence-electron chi connectivity index (χ3n) is 1.96. The lowest BCUT2D eigenvalue weighted by Crippen LogP contribution is -2.10. The summed E-state index contributed by atoms with van der Waals surface area (Å²) < 4.78 is 0. The summed E-state index contributed by atoms with van der Waals surface area (Å²) in [4.78, 5) is 3.34. The summed E-state index contributed by atoms with van der Waals surface area (Å²) in [7, 11) is 0. The number of aromatic amines is 1. The second-order valence-electron chi connectivity index (χ2n) is 3.08. The Bertz CT molecular complexity index is 414. The van der Waals surface area contributed by atoms with Crippen LogP contribution in [0.25, 0.3) is 17.7 Å². The van der Waals surface area contributed by atoms with Crippen molar-refractivity contribution < 1.29 is 0 Å². The van der Waals surface area contributed by atoms with Gasteiger partial charge in [-0.2, -0.15) is 0 Å². The fourth-order valence-electron chi connectivity index (χ4n) is 1.28. The molecule has 2 rings (SSSR count). The molecule has 1 heteroatoms. The summed E-state index contributed by atoms with van der Waals surface area (Å²) in [6.45, 7) is 4.23. The fraction of sp³-hybridized carbons (Fsp3) is 0.200.